The van der Waals surface area contributed by atoms with Crippen molar-refractivity contribution in [2.24, 2.45) is 0 Å². The lowest BCUT2D eigenvalue weighted by Crippen LogP contribution is -2.35. The molecule has 142 valence electrons. The van der Waals surface area contributed by atoms with Gasteiger partial charge in [-0.25, -0.2) is 4.68 Å². The second-order valence-corrected chi connectivity index (χ2v) is 8.04. The lowest BCUT2D eigenvalue weighted by molar-refractivity contribution is 0.0657. The number of nitrogens with zero attached hydrogens (tertiary/aromatic N) is 5. The number of tetrazole rings is 1. The second kappa shape index (κ2) is 8.46. The summed E-state index contributed by atoms with van der Waals surface area (Å²) in [5.74, 6) is 0.892. The third kappa shape index (κ3) is 4.81. The first-order chi connectivity index (χ1) is 12.5. The van der Waals surface area contributed by atoms with Crippen molar-refractivity contribution < 1.29 is 4.74 Å². The molecule has 6 nitrogen and oxygen atoms in total. The molecule has 1 aliphatic heterocycles. The summed E-state index contributed by atoms with van der Waals surface area (Å²) in [5, 5.41) is 13.2. The van der Waals surface area contributed by atoms with Crippen molar-refractivity contribution in [3.05, 3.63) is 40.7 Å². The summed E-state index contributed by atoms with van der Waals surface area (Å²) in [6, 6.07) is 8.02. The van der Waals surface area contributed by atoms with E-state index in [1.807, 2.05) is 16.8 Å². The SMILES string of the molecule is CCC(C)(C)n1nnnc1CN(Cc1ccc(Cl)cc1)C[C@H]1CCCO1. The lowest BCUT2D eigenvalue weighted by Gasteiger charge is -2.28. The van der Waals surface area contributed by atoms with Gasteiger partial charge in [0.05, 0.1) is 18.2 Å². The Morgan fingerprint density at radius 2 is 2.04 bits per heavy atom. The highest BCUT2D eigenvalue weighted by molar-refractivity contribution is 6.30. The zero-order chi connectivity index (χ0) is 18.6. The van der Waals surface area contributed by atoms with E-state index in [0.717, 1.165) is 49.8 Å². The topological polar surface area (TPSA) is 56.1 Å². The van der Waals surface area contributed by atoms with Gasteiger partial charge in [0, 0.05) is 24.7 Å². The standard InChI is InChI=1S/C19H28ClN5O/c1-4-19(2,3)25-18(21-22-23-25)14-24(13-17-6-5-11-26-17)12-15-7-9-16(20)10-8-15/h7-10,17H,4-6,11-14H2,1-3H3/t17-/m1/s1. The van der Waals surface area contributed by atoms with Gasteiger partial charge in [0.25, 0.3) is 0 Å². The molecule has 1 fully saturated rings. The minimum absolute atomic E-state index is 0.103. The van der Waals surface area contributed by atoms with Crippen molar-refractivity contribution in [1.29, 1.82) is 0 Å². The number of halogens is 1. The van der Waals surface area contributed by atoms with E-state index in [1.165, 1.54) is 5.56 Å². The van der Waals surface area contributed by atoms with Crippen LogP contribution in [0.2, 0.25) is 5.02 Å². The molecule has 1 aromatic heterocycles. The van der Waals surface area contributed by atoms with Crippen LogP contribution in [-0.4, -0.2) is 44.4 Å². The van der Waals surface area contributed by atoms with E-state index in [9.17, 15) is 0 Å². The fourth-order valence-electron chi connectivity index (χ4n) is 3.23. The van der Waals surface area contributed by atoms with Gasteiger partial charge in [0.15, 0.2) is 5.82 Å². The number of ether oxygens (including phenoxy) is 1. The van der Waals surface area contributed by atoms with Crippen LogP contribution >= 0.6 is 11.6 Å². The lowest BCUT2D eigenvalue weighted by atomic mass is 10.0. The molecule has 1 aromatic carbocycles. The summed E-state index contributed by atoms with van der Waals surface area (Å²) in [6.45, 7) is 9.73. The molecule has 1 atom stereocenters. The first-order valence-corrected chi connectivity index (χ1v) is 9.72. The van der Waals surface area contributed by atoms with Crippen molar-refractivity contribution in [1.82, 2.24) is 25.1 Å². The Morgan fingerprint density at radius 3 is 2.69 bits per heavy atom. The minimum Gasteiger partial charge on any atom is -0.377 e. The molecule has 0 spiro atoms. The van der Waals surface area contributed by atoms with Crippen LogP contribution in [0.15, 0.2) is 24.3 Å². The number of hydrogen-bond acceptors (Lipinski definition) is 5. The molecule has 2 aromatic rings. The molecule has 0 unspecified atom stereocenters. The highest BCUT2D eigenvalue weighted by atomic mass is 35.5. The van der Waals surface area contributed by atoms with Crippen molar-refractivity contribution in [3.63, 3.8) is 0 Å². The van der Waals surface area contributed by atoms with Gasteiger partial charge in [-0.05, 0) is 61.2 Å². The van der Waals surface area contributed by atoms with E-state index >= 15 is 0 Å². The van der Waals surface area contributed by atoms with Gasteiger partial charge in [-0.3, -0.25) is 4.90 Å². The minimum atomic E-state index is -0.103. The van der Waals surface area contributed by atoms with Gasteiger partial charge in [0.1, 0.15) is 0 Å². The van der Waals surface area contributed by atoms with Crippen LogP contribution in [-0.2, 0) is 23.4 Å². The summed E-state index contributed by atoms with van der Waals surface area (Å²) in [6.07, 6.45) is 3.50. The van der Waals surface area contributed by atoms with Gasteiger partial charge in [-0.2, -0.15) is 0 Å². The van der Waals surface area contributed by atoms with Crippen LogP contribution in [0.5, 0.6) is 0 Å². The number of benzene rings is 1. The molecule has 0 amide bonds. The number of hydrogen-bond donors (Lipinski definition) is 0. The average molecular weight is 378 g/mol. The van der Waals surface area contributed by atoms with Crippen molar-refractivity contribution in [2.75, 3.05) is 13.2 Å². The molecule has 1 aliphatic rings. The molecule has 3 rings (SSSR count). The van der Waals surface area contributed by atoms with Crippen LogP contribution in [0.1, 0.15) is 51.4 Å². The van der Waals surface area contributed by atoms with E-state index in [2.05, 4.69) is 53.3 Å². The fraction of sp³-hybridized carbons (Fsp3) is 0.632. The highest BCUT2D eigenvalue weighted by Gasteiger charge is 2.26. The maximum Gasteiger partial charge on any atom is 0.165 e. The van der Waals surface area contributed by atoms with E-state index in [4.69, 9.17) is 16.3 Å². The van der Waals surface area contributed by atoms with Crippen LogP contribution in [0.4, 0.5) is 0 Å². The van der Waals surface area contributed by atoms with Gasteiger partial charge in [-0.1, -0.05) is 30.7 Å². The van der Waals surface area contributed by atoms with E-state index in [0.29, 0.717) is 6.54 Å². The summed E-state index contributed by atoms with van der Waals surface area (Å²) in [5.41, 5.74) is 1.12. The maximum absolute atomic E-state index is 6.02. The number of rotatable bonds is 8. The normalized spacial score (nSPS) is 18.0. The summed E-state index contributed by atoms with van der Waals surface area (Å²) in [7, 11) is 0. The third-order valence-corrected chi connectivity index (χ3v) is 5.39. The van der Waals surface area contributed by atoms with Crippen LogP contribution in [0, 0.1) is 0 Å². The fourth-order valence-corrected chi connectivity index (χ4v) is 3.36. The predicted octanol–water partition coefficient (Wildman–Crippen LogP) is 3.65. The van der Waals surface area contributed by atoms with Gasteiger partial charge >= 0.3 is 0 Å². The Hall–Kier alpha value is -1.50. The van der Waals surface area contributed by atoms with E-state index in [-0.39, 0.29) is 11.6 Å². The van der Waals surface area contributed by atoms with E-state index in [1.54, 1.807) is 0 Å². The maximum atomic E-state index is 6.02. The molecule has 0 saturated carbocycles. The Kier molecular flexibility index (Phi) is 6.27. The molecule has 7 heteroatoms. The Bertz CT molecular complexity index is 694. The van der Waals surface area contributed by atoms with Crippen LogP contribution < -0.4 is 0 Å². The van der Waals surface area contributed by atoms with E-state index < -0.39 is 0 Å². The summed E-state index contributed by atoms with van der Waals surface area (Å²) < 4.78 is 7.81. The monoisotopic (exact) mass is 377 g/mol. The second-order valence-electron chi connectivity index (χ2n) is 7.60. The summed E-state index contributed by atoms with van der Waals surface area (Å²) >= 11 is 6.02. The molecule has 26 heavy (non-hydrogen) atoms. The zero-order valence-electron chi connectivity index (χ0n) is 15.9. The molecule has 1 saturated heterocycles. The predicted molar refractivity (Wildman–Crippen MR) is 102 cm³/mol. The first-order valence-electron chi connectivity index (χ1n) is 9.34. The molecular formula is C19H28ClN5O. The van der Waals surface area contributed by atoms with Crippen molar-refractivity contribution in [3.8, 4) is 0 Å². The quantitative estimate of drug-likeness (QED) is 0.702. The Balaban J connectivity index is 1.77. The van der Waals surface area contributed by atoms with Gasteiger partial charge < -0.3 is 4.74 Å². The molecule has 0 N–H and O–H groups in total. The van der Waals surface area contributed by atoms with Gasteiger partial charge in [-0.15, -0.1) is 5.10 Å². The largest absolute Gasteiger partial charge is 0.377 e. The third-order valence-electron chi connectivity index (χ3n) is 5.14. The van der Waals surface area contributed by atoms with Gasteiger partial charge in [0.2, 0.25) is 0 Å². The zero-order valence-corrected chi connectivity index (χ0v) is 16.6. The Labute approximate surface area is 160 Å². The molecule has 0 aliphatic carbocycles. The highest BCUT2D eigenvalue weighted by Crippen LogP contribution is 2.22. The van der Waals surface area contributed by atoms with Crippen molar-refractivity contribution in [2.45, 2.75) is 64.8 Å². The molecule has 0 bridgehead atoms. The molecule has 0 radical (unpaired) electrons. The first kappa shape index (κ1) is 19.3. The molecule has 2 heterocycles. The molecular weight excluding hydrogens is 350 g/mol. The average Bonchev–Trinajstić information content (AvgIpc) is 3.29. The Morgan fingerprint density at radius 1 is 1.27 bits per heavy atom. The van der Waals surface area contributed by atoms with Crippen LogP contribution in [0.25, 0.3) is 0 Å². The summed E-state index contributed by atoms with van der Waals surface area (Å²) in [4.78, 5) is 2.37. The number of aromatic nitrogens is 4. The van der Waals surface area contributed by atoms with Crippen molar-refractivity contribution >= 4 is 11.6 Å². The smallest absolute Gasteiger partial charge is 0.165 e. The van der Waals surface area contributed by atoms with Crippen LogP contribution in [0.3, 0.4) is 0 Å².